The molecule has 2 aromatic heterocycles. The van der Waals surface area contributed by atoms with Gasteiger partial charge in [0.05, 0.1) is 4.90 Å². The van der Waals surface area contributed by atoms with Crippen molar-refractivity contribution in [2.24, 2.45) is 0 Å². The van der Waals surface area contributed by atoms with E-state index in [1.54, 1.807) is 34.0 Å². The number of pyridine rings is 1. The number of piperidine rings is 1. The molecule has 2 aliphatic rings. The zero-order valence-electron chi connectivity index (χ0n) is 19.1. The van der Waals surface area contributed by atoms with Crippen molar-refractivity contribution in [2.45, 2.75) is 37.0 Å². The van der Waals surface area contributed by atoms with Gasteiger partial charge in [0.2, 0.25) is 15.9 Å². The summed E-state index contributed by atoms with van der Waals surface area (Å²) in [5.41, 5.74) is 1.89. The fourth-order valence-electron chi connectivity index (χ4n) is 4.53. The normalized spacial score (nSPS) is 17.9. The van der Waals surface area contributed by atoms with E-state index in [0.29, 0.717) is 43.9 Å². The van der Waals surface area contributed by atoms with Gasteiger partial charge in [0.25, 0.3) is 0 Å². The van der Waals surface area contributed by atoms with Crippen molar-refractivity contribution >= 4 is 42.7 Å². The van der Waals surface area contributed by atoms with Crippen LogP contribution in [0.2, 0.25) is 0 Å². The van der Waals surface area contributed by atoms with Gasteiger partial charge < -0.3 is 9.80 Å². The summed E-state index contributed by atoms with van der Waals surface area (Å²) in [5.74, 6) is 0.135. The van der Waals surface area contributed by atoms with Gasteiger partial charge in [-0.1, -0.05) is 29.9 Å². The van der Waals surface area contributed by atoms with Crippen molar-refractivity contribution in [2.75, 3.05) is 44.2 Å². The van der Waals surface area contributed by atoms with Crippen molar-refractivity contribution in [3.05, 3.63) is 48.2 Å². The number of aromatic nitrogens is 2. The van der Waals surface area contributed by atoms with Crippen LogP contribution in [0.5, 0.6) is 0 Å². The lowest BCUT2D eigenvalue weighted by atomic mass is 10.1. The van der Waals surface area contributed by atoms with E-state index >= 15 is 0 Å². The summed E-state index contributed by atoms with van der Waals surface area (Å²) in [6, 6.07) is 10.9. The molecule has 8 nitrogen and oxygen atoms in total. The third kappa shape index (κ3) is 4.94. The maximum Gasteiger partial charge on any atom is 0.243 e. The Morgan fingerprint density at radius 2 is 1.68 bits per heavy atom. The molecule has 0 saturated carbocycles. The van der Waals surface area contributed by atoms with Gasteiger partial charge in [0.15, 0.2) is 5.13 Å². The number of aryl methyl sites for hydroxylation is 1. The Labute approximate surface area is 204 Å². The predicted octanol–water partition coefficient (Wildman–Crippen LogP) is 3.15. The molecule has 0 spiro atoms. The van der Waals surface area contributed by atoms with Crippen molar-refractivity contribution in [1.82, 2.24) is 19.2 Å². The SMILES string of the molecule is O=C(CCc1ccc(S(=O)(=O)N2CCCCC2)cc1)N1CCN(c2nc3cccnc3s2)CC1. The molecular formula is C24H29N5O3S2. The molecule has 2 fully saturated rings. The quantitative estimate of drug-likeness (QED) is 0.518. The maximum absolute atomic E-state index is 12.8. The molecule has 1 amide bonds. The van der Waals surface area contributed by atoms with Crippen LogP contribution in [0.25, 0.3) is 10.3 Å². The van der Waals surface area contributed by atoms with Crippen molar-refractivity contribution in [1.29, 1.82) is 0 Å². The van der Waals surface area contributed by atoms with E-state index in [2.05, 4.69) is 14.9 Å². The highest BCUT2D eigenvalue weighted by molar-refractivity contribution is 7.89. The third-order valence-corrected chi connectivity index (χ3v) is 9.51. The molecule has 10 heteroatoms. The van der Waals surface area contributed by atoms with E-state index in [1.807, 2.05) is 29.2 Å². The molecule has 0 radical (unpaired) electrons. The number of anilines is 1. The average molecular weight is 500 g/mol. The largest absolute Gasteiger partial charge is 0.344 e. The van der Waals surface area contributed by atoms with Crippen LogP contribution in [-0.4, -0.2) is 72.8 Å². The van der Waals surface area contributed by atoms with Crippen molar-refractivity contribution < 1.29 is 13.2 Å². The number of benzene rings is 1. The monoisotopic (exact) mass is 499 g/mol. The molecule has 5 rings (SSSR count). The number of piperazine rings is 1. The predicted molar refractivity (Wildman–Crippen MR) is 134 cm³/mol. The van der Waals surface area contributed by atoms with E-state index in [1.165, 1.54) is 0 Å². The van der Waals surface area contributed by atoms with Crippen LogP contribution in [0.1, 0.15) is 31.2 Å². The smallest absolute Gasteiger partial charge is 0.243 e. The number of rotatable bonds is 6. The Kier molecular flexibility index (Phi) is 6.80. The number of nitrogens with zero attached hydrogens (tertiary/aromatic N) is 5. The minimum Gasteiger partial charge on any atom is -0.344 e. The van der Waals surface area contributed by atoms with Crippen LogP contribution in [-0.2, 0) is 21.2 Å². The molecule has 0 bridgehead atoms. The fraction of sp³-hybridized carbons (Fsp3) is 0.458. The van der Waals surface area contributed by atoms with Crippen molar-refractivity contribution in [3.63, 3.8) is 0 Å². The molecule has 1 aromatic carbocycles. The summed E-state index contributed by atoms with van der Waals surface area (Å²) < 4.78 is 27.2. The van der Waals surface area contributed by atoms with Crippen molar-refractivity contribution in [3.8, 4) is 0 Å². The lowest BCUT2D eigenvalue weighted by molar-refractivity contribution is -0.131. The number of sulfonamides is 1. The second-order valence-electron chi connectivity index (χ2n) is 8.80. The number of amides is 1. The molecule has 2 aliphatic heterocycles. The van der Waals surface area contributed by atoms with Gasteiger partial charge in [-0.25, -0.2) is 18.4 Å². The third-order valence-electron chi connectivity index (χ3n) is 6.56. The zero-order valence-corrected chi connectivity index (χ0v) is 20.7. The molecule has 2 saturated heterocycles. The van der Waals surface area contributed by atoms with Gasteiger partial charge >= 0.3 is 0 Å². The Morgan fingerprint density at radius 1 is 0.941 bits per heavy atom. The summed E-state index contributed by atoms with van der Waals surface area (Å²) in [4.78, 5) is 27.2. The molecule has 34 heavy (non-hydrogen) atoms. The van der Waals surface area contributed by atoms with E-state index in [-0.39, 0.29) is 5.91 Å². The Hall–Kier alpha value is -2.56. The first-order chi connectivity index (χ1) is 16.5. The van der Waals surface area contributed by atoms with Gasteiger partial charge in [-0.3, -0.25) is 4.79 Å². The summed E-state index contributed by atoms with van der Waals surface area (Å²) >= 11 is 1.59. The average Bonchev–Trinajstić information content (AvgIpc) is 3.32. The van der Waals surface area contributed by atoms with Gasteiger partial charge in [0, 0.05) is 51.9 Å². The van der Waals surface area contributed by atoms with Gasteiger partial charge in [-0.2, -0.15) is 4.31 Å². The number of hydrogen-bond acceptors (Lipinski definition) is 7. The van der Waals surface area contributed by atoms with Gasteiger partial charge in [0.1, 0.15) is 10.3 Å². The Balaban J connectivity index is 1.12. The molecular weight excluding hydrogens is 470 g/mol. The summed E-state index contributed by atoms with van der Waals surface area (Å²) in [5, 5.41) is 0.959. The van der Waals surface area contributed by atoms with Crippen LogP contribution in [0.15, 0.2) is 47.5 Å². The van der Waals surface area contributed by atoms with E-state index in [0.717, 1.165) is 53.4 Å². The molecule has 3 aromatic rings. The number of carbonyl (C=O) groups is 1. The summed E-state index contributed by atoms with van der Waals surface area (Å²) in [6.07, 6.45) is 5.74. The summed E-state index contributed by atoms with van der Waals surface area (Å²) in [6.45, 7) is 4.07. The number of thiazole rings is 1. The molecule has 0 unspecified atom stereocenters. The van der Waals surface area contributed by atoms with Gasteiger partial charge in [-0.15, -0.1) is 0 Å². The Bertz CT molecular complexity index is 1210. The van der Waals surface area contributed by atoms with Crippen LogP contribution < -0.4 is 4.90 Å². The second-order valence-corrected chi connectivity index (χ2v) is 11.7. The molecule has 180 valence electrons. The van der Waals surface area contributed by atoms with E-state index < -0.39 is 10.0 Å². The highest BCUT2D eigenvalue weighted by atomic mass is 32.2. The molecule has 0 aliphatic carbocycles. The first-order valence-electron chi connectivity index (χ1n) is 11.8. The van der Waals surface area contributed by atoms with E-state index in [9.17, 15) is 13.2 Å². The maximum atomic E-state index is 12.8. The number of carbonyl (C=O) groups excluding carboxylic acids is 1. The van der Waals surface area contributed by atoms with E-state index in [4.69, 9.17) is 0 Å². The first kappa shape index (κ1) is 23.2. The zero-order chi connectivity index (χ0) is 23.5. The van der Waals surface area contributed by atoms with Crippen LogP contribution in [0.4, 0.5) is 5.13 Å². The minimum absolute atomic E-state index is 0.135. The standard InChI is InChI=1S/C24H29N5O3S2/c30-22(27-15-17-28(18-16-27)24-26-21-5-4-12-25-23(21)33-24)11-8-19-6-9-20(10-7-19)34(31,32)29-13-2-1-3-14-29/h4-7,9-10,12H,1-3,8,11,13-18H2. The second kappa shape index (κ2) is 9.97. The van der Waals surface area contributed by atoms with Crippen LogP contribution >= 0.6 is 11.3 Å². The number of fused-ring (bicyclic) bond motifs is 1. The molecule has 4 heterocycles. The lowest BCUT2D eigenvalue weighted by Gasteiger charge is -2.34. The lowest BCUT2D eigenvalue weighted by Crippen LogP contribution is -2.48. The van der Waals surface area contributed by atoms with Gasteiger partial charge in [-0.05, 0) is 49.1 Å². The number of hydrogen-bond donors (Lipinski definition) is 0. The fourth-order valence-corrected chi connectivity index (χ4v) is 7.01. The summed E-state index contributed by atoms with van der Waals surface area (Å²) in [7, 11) is -3.42. The Morgan fingerprint density at radius 3 is 2.38 bits per heavy atom. The first-order valence-corrected chi connectivity index (χ1v) is 14.1. The molecule has 0 N–H and O–H groups in total. The van der Waals surface area contributed by atoms with Crippen LogP contribution in [0.3, 0.4) is 0 Å². The highest BCUT2D eigenvalue weighted by Crippen LogP contribution is 2.28. The minimum atomic E-state index is -3.42. The van der Waals surface area contributed by atoms with Crippen LogP contribution in [0, 0.1) is 0 Å². The highest BCUT2D eigenvalue weighted by Gasteiger charge is 2.26. The molecule has 0 atom stereocenters. The topological polar surface area (TPSA) is 86.7 Å².